The molecule has 0 fully saturated rings. The van der Waals surface area contributed by atoms with Crippen LogP contribution in [0.1, 0.15) is 80.6 Å². The average molecular weight is 385 g/mol. The Labute approximate surface area is 177 Å². The first kappa shape index (κ1) is 20.2. The van der Waals surface area contributed by atoms with E-state index in [9.17, 15) is 0 Å². The van der Waals surface area contributed by atoms with Gasteiger partial charge in [0.1, 0.15) is 0 Å². The minimum absolute atomic E-state index is 0.0279. The summed E-state index contributed by atoms with van der Waals surface area (Å²) in [5.41, 5.74) is 20.8. The Morgan fingerprint density at radius 2 is 0.690 bits per heavy atom. The number of rotatable bonds is 0. The summed E-state index contributed by atoms with van der Waals surface area (Å²) >= 11 is 0. The third kappa shape index (κ3) is 2.21. The Bertz CT molecular complexity index is 1250. The molecule has 1 aliphatic carbocycles. The van der Waals surface area contributed by atoms with Gasteiger partial charge in [-0.2, -0.15) is 0 Å². The lowest BCUT2D eigenvalue weighted by Crippen LogP contribution is -2.19. The quantitative estimate of drug-likeness (QED) is 0.366. The molecular weight excluding hydrogens is 348 g/mol. The lowest BCUT2D eigenvalue weighted by atomic mass is 9.75. The topological polar surface area (TPSA) is 0 Å². The second-order valence-electron chi connectivity index (χ2n) is 10.1. The van der Waals surface area contributed by atoms with Crippen molar-refractivity contribution in [2.75, 3.05) is 0 Å². The van der Waals surface area contributed by atoms with E-state index in [1.54, 1.807) is 11.1 Å². The molecule has 0 bridgehead atoms. The number of aryl methyl sites for hydroxylation is 4. The molecule has 0 atom stereocenters. The molecule has 0 heteroatoms. The van der Waals surface area contributed by atoms with Crippen LogP contribution < -0.4 is 0 Å². The highest BCUT2D eigenvalue weighted by molar-refractivity contribution is 6.04. The van der Waals surface area contributed by atoms with Gasteiger partial charge in [0.2, 0.25) is 0 Å². The second-order valence-corrected chi connectivity index (χ2v) is 10.1. The zero-order chi connectivity index (χ0) is 21.7. The SMILES string of the molecule is Cc1c(C)c(C)c2c(c1C)-c1c(c(C)c3c(C)c(C)c(C)c(C)c3c1C)C2(C)C. The maximum absolute atomic E-state index is 2.44. The van der Waals surface area contributed by atoms with E-state index in [0.717, 1.165) is 0 Å². The molecule has 29 heavy (non-hydrogen) atoms. The number of fused-ring (bicyclic) bond motifs is 4. The highest BCUT2D eigenvalue weighted by Crippen LogP contribution is 2.57. The van der Waals surface area contributed by atoms with Crippen molar-refractivity contribution >= 4 is 10.8 Å². The lowest BCUT2D eigenvalue weighted by Gasteiger charge is -2.28. The number of benzene rings is 3. The summed E-state index contributed by atoms with van der Waals surface area (Å²) in [4.78, 5) is 0. The molecule has 0 aliphatic heterocycles. The molecule has 0 aromatic heterocycles. The predicted molar refractivity (Wildman–Crippen MR) is 129 cm³/mol. The molecule has 0 heterocycles. The van der Waals surface area contributed by atoms with Crippen LogP contribution in [0.5, 0.6) is 0 Å². The molecule has 4 rings (SSSR count). The third-order valence-corrected chi connectivity index (χ3v) is 8.62. The highest BCUT2D eigenvalue weighted by Gasteiger charge is 2.42. The van der Waals surface area contributed by atoms with Gasteiger partial charge in [0.15, 0.2) is 0 Å². The minimum atomic E-state index is 0.0279. The molecule has 0 radical (unpaired) electrons. The van der Waals surface area contributed by atoms with Crippen LogP contribution in [0.2, 0.25) is 0 Å². The number of hydrogen-bond acceptors (Lipinski definition) is 0. The Morgan fingerprint density at radius 3 is 1.21 bits per heavy atom. The summed E-state index contributed by atoms with van der Waals surface area (Å²) < 4.78 is 0. The van der Waals surface area contributed by atoms with Crippen LogP contribution in [0.4, 0.5) is 0 Å². The van der Waals surface area contributed by atoms with E-state index in [2.05, 4.69) is 83.1 Å². The minimum Gasteiger partial charge on any atom is -0.0516 e. The van der Waals surface area contributed by atoms with Crippen molar-refractivity contribution in [2.24, 2.45) is 0 Å². The molecule has 0 N–H and O–H groups in total. The predicted octanol–water partition coefficient (Wildman–Crippen LogP) is 8.23. The van der Waals surface area contributed by atoms with Gasteiger partial charge in [-0.1, -0.05) is 13.8 Å². The Kier molecular flexibility index (Phi) is 4.16. The smallest absolute Gasteiger partial charge is 0.0164 e. The molecule has 3 aromatic carbocycles. The summed E-state index contributed by atoms with van der Waals surface area (Å²) in [6.45, 7) is 28.1. The van der Waals surface area contributed by atoms with Crippen molar-refractivity contribution in [3.63, 3.8) is 0 Å². The van der Waals surface area contributed by atoms with Crippen LogP contribution in [0.15, 0.2) is 0 Å². The lowest BCUT2D eigenvalue weighted by molar-refractivity contribution is 0.650. The van der Waals surface area contributed by atoms with E-state index < -0.39 is 0 Å². The van der Waals surface area contributed by atoms with Crippen molar-refractivity contribution in [1.82, 2.24) is 0 Å². The fraction of sp³-hybridized carbons (Fsp3) is 0.448. The summed E-state index contributed by atoms with van der Waals surface area (Å²) in [6, 6.07) is 0. The molecule has 0 unspecified atom stereocenters. The summed E-state index contributed by atoms with van der Waals surface area (Å²) in [6.07, 6.45) is 0. The van der Waals surface area contributed by atoms with Crippen LogP contribution in [0, 0.1) is 69.2 Å². The Balaban J connectivity index is 2.37. The molecule has 0 amide bonds. The van der Waals surface area contributed by atoms with Gasteiger partial charge in [0.25, 0.3) is 0 Å². The molecular formula is C29H36. The summed E-state index contributed by atoms with van der Waals surface area (Å²) in [7, 11) is 0. The fourth-order valence-electron chi connectivity index (χ4n) is 6.50. The maximum atomic E-state index is 2.44. The van der Waals surface area contributed by atoms with Crippen LogP contribution >= 0.6 is 0 Å². The van der Waals surface area contributed by atoms with Crippen molar-refractivity contribution < 1.29 is 0 Å². The third-order valence-electron chi connectivity index (χ3n) is 8.62. The molecule has 1 aliphatic rings. The van der Waals surface area contributed by atoms with E-state index in [1.807, 2.05) is 0 Å². The second kappa shape index (κ2) is 5.97. The summed E-state index contributed by atoms with van der Waals surface area (Å²) in [5.74, 6) is 0. The van der Waals surface area contributed by atoms with Crippen LogP contribution in [-0.4, -0.2) is 0 Å². The first-order valence-corrected chi connectivity index (χ1v) is 11.0. The van der Waals surface area contributed by atoms with Crippen molar-refractivity contribution in [3.8, 4) is 11.1 Å². The maximum Gasteiger partial charge on any atom is 0.0164 e. The average Bonchev–Trinajstić information content (AvgIpc) is 2.91. The number of hydrogen-bond donors (Lipinski definition) is 0. The van der Waals surface area contributed by atoms with Crippen molar-refractivity contribution in [1.29, 1.82) is 0 Å². The van der Waals surface area contributed by atoms with E-state index in [1.165, 1.54) is 77.5 Å². The monoisotopic (exact) mass is 384 g/mol. The van der Waals surface area contributed by atoms with Crippen LogP contribution in [0.3, 0.4) is 0 Å². The van der Waals surface area contributed by atoms with Gasteiger partial charge < -0.3 is 0 Å². The van der Waals surface area contributed by atoms with E-state index in [0.29, 0.717) is 0 Å². The largest absolute Gasteiger partial charge is 0.0516 e. The molecule has 0 spiro atoms. The van der Waals surface area contributed by atoms with Gasteiger partial charge in [0.05, 0.1) is 0 Å². The van der Waals surface area contributed by atoms with E-state index >= 15 is 0 Å². The highest BCUT2D eigenvalue weighted by atomic mass is 14.4. The van der Waals surface area contributed by atoms with Gasteiger partial charge in [-0.3, -0.25) is 0 Å². The summed E-state index contributed by atoms with van der Waals surface area (Å²) in [5, 5.41) is 2.98. The Hall–Kier alpha value is -2.08. The Morgan fingerprint density at radius 1 is 0.345 bits per heavy atom. The molecule has 152 valence electrons. The normalized spacial score (nSPS) is 14.5. The van der Waals surface area contributed by atoms with Crippen molar-refractivity contribution in [3.05, 3.63) is 66.8 Å². The van der Waals surface area contributed by atoms with E-state index in [-0.39, 0.29) is 5.41 Å². The van der Waals surface area contributed by atoms with Crippen LogP contribution in [-0.2, 0) is 5.41 Å². The fourth-order valence-corrected chi connectivity index (χ4v) is 6.50. The van der Waals surface area contributed by atoms with E-state index in [4.69, 9.17) is 0 Å². The van der Waals surface area contributed by atoms with Crippen molar-refractivity contribution in [2.45, 2.75) is 88.5 Å². The zero-order valence-electron chi connectivity index (χ0n) is 20.5. The zero-order valence-corrected chi connectivity index (χ0v) is 20.5. The van der Waals surface area contributed by atoms with Gasteiger partial charge in [-0.25, -0.2) is 0 Å². The molecule has 0 saturated heterocycles. The standard InChI is InChI=1S/C29H36/c1-13-14(2)18(6)24-22(10)28-26(21(9)23(24)17(13)5)25-19(7)15(3)16(4)20(8)27(25)29(28,11)12/h1-12H3. The van der Waals surface area contributed by atoms with Gasteiger partial charge in [-0.05, 0) is 158 Å². The van der Waals surface area contributed by atoms with Gasteiger partial charge in [0, 0.05) is 5.41 Å². The van der Waals surface area contributed by atoms with Gasteiger partial charge >= 0.3 is 0 Å². The first-order valence-electron chi connectivity index (χ1n) is 11.0. The molecule has 0 saturated carbocycles. The first-order chi connectivity index (χ1) is 13.4. The van der Waals surface area contributed by atoms with Crippen LogP contribution in [0.25, 0.3) is 21.9 Å². The molecule has 0 nitrogen and oxygen atoms in total. The molecule has 3 aromatic rings. The van der Waals surface area contributed by atoms with Gasteiger partial charge in [-0.15, -0.1) is 0 Å².